The standard InChI is InChI=1S/C15H17NO3/c1-10-5-4-6-14-13(10)7-8-16(15(14)18)11(2)9-19-12(3)17/h4-8,11H,9H2,1-3H3/t11-/m1/s1. The first kappa shape index (κ1) is 13.3. The Balaban J connectivity index is 2.43. The van der Waals surface area contributed by atoms with E-state index >= 15 is 0 Å². The van der Waals surface area contributed by atoms with Crippen molar-refractivity contribution in [3.63, 3.8) is 0 Å². The molecule has 0 fully saturated rings. The van der Waals surface area contributed by atoms with Crippen LogP contribution in [0.25, 0.3) is 10.8 Å². The van der Waals surface area contributed by atoms with Gasteiger partial charge in [0.1, 0.15) is 6.61 Å². The van der Waals surface area contributed by atoms with Crippen LogP contribution < -0.4 is 5.56 Å². The quantitative estimate of drug-likeness (QED) is 0.795. The van der Waals surface area contributed by atoms with Gasteiger partial charge in [-0.15, -0.1) is 0 Å². The molecule has 0 radical (unpaired) electrons. The summed E-state index contributed by atoms with van der Waals surface area (Å²) < 4.78 is 6.55. The summed E-state index contributed by atoms with van der Waals surface area (Å²) in [6.07, 6.45) is 1.76. The fourth-order valence-corrected chi connectivity index (χ4v) is 2.12. The number of rotatable bonds is 3. The highest BCUT2D eigenvalue weighted by Gasteiger charge is 2.11. The van der Waals surface area contributed by atoms with E-state index in [1.165, 1.54) is 6.92 Å². The van der Waals surface area contributed by atoms with Gasteiger partial charge in [-0.3, -0.25) is 9.59 Å². The molecular formula is C15H17NO3. The highest BCUT2D eigenvalue weighted by molar-refractivity contribution is 5.84. The van der Waals surface area contributed by atoms with Gasteiger partial charge in [-0.1, -0.05) is 12.1 Å². The van der Waals surface area contributed by atoms with Crippen LogP contribution in [0, 0.1) is 6.92 Å². The van der Waals surface area contributed by atoms with Gasteiger partial charge in [-0.05, 0) is 36.9 Å². The van der Waals surface area contributed by atoms with Crippen molar-refractivity contribution < 1.29 is 9.53 Å². The van der Waals surface area contributed by atoms with E-state index in [0.29, 0.717) is 5.39 Å². The van der Waals surface area contributed by atoms with Crippen molar-refractivity contribution in [1.82, 2.24) is 4.57 Å². The molecule has 19 heavy (non-hydrogen) atoms. The van der Waals surface area contributed by atoms with Crippen LogP contribution in [0.1, 0.15) is 25.5 Å². The third-order valence-corrected chi connectivity index (χ3v) is 3.19. The van der Waals surface area contributed by atoms with Crippen LogP contribution in [0.5, 0.6) is 0 Å². The van der Waals surface area contributed by atoms with Crippen molar-refractivity contribution in [2.75, 3.05) is 6.61 Å². The average molecular weight is 259 g/mol. The second kappa shape index (κ2) is 5.26. The average Bonchev–Trinajstić information content (AvgIpc) is 2.37. The summed E-state index contributed by atoms with van der Waals surface area (Å²) in [4.78, 5) is 23.2. The lowest BCUT2D eigenvalue weighted by atomic mass is 10.1. The van der Waals surface area contributed by atoms with Crippen LogP contribution in [-0.4, -0.2) is 17.1 Å². The number of carbonyl (C=O) groups is 1. The van der Waals surface area contributed by atoms with Crippen LogP contribution in [0.3, 0.4) is 0 Å². The Kier molecular flexibility index (Phi) is 3.69. The van der Waals surface area contributed by atoms with Gasteiger partial charge in [0, 0.05) is 18.5 Å². The predicted molar refractivity (Wildman–Crippen MR) is 74.3 cm³/mol. The number of ether oxygens (including phenoxy) is 1. The van der Waals surface area contributed by atoms with Crippen LogP contribution in [-0.2, 0) is 9.53 Å². The Morgan fingerprint density at radius 3 is 2.74 bits per heavy atom. The van der Waals surface area contributed by atoms with Crippen molar-refractivity contribution in [1.29, 1.82) is 0 Å². The van der Waals surface area contributed by atoms with Gasteiger partial charge in [0.25, 0.3) is 5.56 Å². The summed E-state index contributed by atoms with van der Waals surface area (Å²) in [6, 6.07) is 7.42. The van der Waals surface area contributed by atoms with Crippen molar-refractivity contribution in [2.45, 2.75) is 26.8 Å². The Labute approximate surface area is 111 Å². The number of benzene rings is 1. The first-order valence-electron chi connectivity index (χ1n) is 6.24. The number of aryl methyl sites for hydroxylation is 1. The molecule has 0 aliphatic heterocycles. The molecule has 2 rings (SSSR count). The van der Waals surface area contributed by atoms with E-state index in [1.54, 1.807) is 10.8 Å². The van der Waals surface area contributed by atoms with E-state index in [9.17, 15) is 9.59 Å². The minimum atomic E-state index is -0.337. The first-order valence-corrected chi connectivity index (χ1v) is 6.24. The number of esters is 1. The highest BCUT2D eigenvalue weighted by Crippen LogP contribution is 2.15. The van der Waals surface area contributed by atoms with Gasteiger partial charge in [-0.2, -0.15) is 0 Å². The number of hydrogen-bond donors (Lipinski definition) is 0. The number of pyridine rings is 1. The van der Waals surface area contributed by atoms with Gasteiger partial charge < -0.3 is 9.30 Å². The molecule has 0 bridgehead atoms. The first-order chi connectivity index (χ1) is 9.00. The van der Waals surface area contributed by atoms with Gasteiger partial charge in [0.2, 0.25) is 0 Å². The summed E-state index contributed by atoms with van der Waals surface area (Å²) in [5.41, 5.74) is 1.02. The Morgan fingerprint density at radius 1 is 1.32 bits per heavy atom. The lowest BCUT2D eigenvalue weighted by Gasteiger charge is -2.15. The minimum absolute atomic E-state index is 0.0548. The molecule has 100 valence electrons. The maximum atomic E-state index is 12.4. The Hall–Kier alpha value is -2.10. The molecule has 1 aromatic carbocycles. The SMILES string of the molecule is CC(=O)OC[C@@H](C)n1ccc2c(C)cccc2c1=O. The van der Waals surface area contributed by atoms with Crippen LogP contribution in [0.4, 0.5) is 0 Å². The molecule has 4 heteroatoms. The fraction of sp³-hybridized carbons (Fsp3) is 0.333. The van der Waals surface area contributed by atoms with E-state index in [1.807, 2.05) is 38.1 Å². The smallest absolute Gasteiger partial charge is 0.302 e. The molecule has 0 saturated carbocycles. The van der Waals surface area contributed by atoms with E-state index in [2.05, 4.69) is 0 Å². The third-order valence-electron chi connectivity index (χ3n) is 3.19. The van der Waals surface area contributed by atoms with Crippen molar-refractivity contribution >= 4 is 16.7 Å². The van der Waals surface area contributed by atoms with Gasteiger partial charge >= 0.3 is 5.97 Å². The molecule has 4 nitrogen and oxygen atoms in total. The minimum Gasteiger partial charge on any atom is -0.464 e. The molecule has 0 amide bonds. The molecule has 1 heterocycles. The fourth-order valence-electron chi connectivity index (χ4n) is 2.12. The molecule has 1 atom stereocenters. The Morgan fingerprint density at radius 2 is 2.05 bits per heavy atom. The van der Waals surface area contributed by atoms with E-state index in [0.717, 1.165) is 10.9 Å². The van der Waals surface area contributed by atoms with Gasteiger partial charge in [0.15, 0.2) is 0 Å². The van der Waals surface area contributed by atoms with Crippen LogP contribution in [0.2, 0.25) is 0 Å². The second-order valence-corrected chi connectivity index (χ2v) is 4.72. The maximum Gasteiger partial charge on any atom is 0.302 e. The van der Waals surface area contributed by atoms with Crippen LogP contribution >= 0.6 is 0 Å². The summed E-state index contributed by atoms with van der Waals surface area (Å²) in [6.45, 7) is 5.40. The third kappa shape index (κ3) is 2.67. The Bertz CT molecular complexity index is 673. The topological polar surface area (TPSA) is 48.3 Å². The molecule has 0 unspecified atom stereocenters. The lowest BCUT2D eigenvalue weighted by Crippen LogP contribution is -2.26. The number of nitrogens with zero attached hydrogens (tertiary/aromatic N) is 1. The second-order valence-electron chi connectivity index (χ2n) is 4.72. The molecule has 0 N–H and O–H groups in total. The summed E-state index contributed by atoms with van der Waals surface area (Å²) in [5, 5.41) is 1.65. The van der Waals surface area contributed by atoms with Crippen molar-refractivity contribution in [3.8, 4) is 0 Å². The highest BCUT2D eigenvalue weighted by atomic mass is 16.5. The number of aromatic nitrogens is 1. The summed E-state index contributed by atoms with van der Waals surface area (Å²) >= 11 is 0. The molecule has 0 saturated heterocycles. The van der Waals surface area contributed by atoms with Gasteiger partial charge in [0.05, 0.1) is 6.04 Å². The van der Waals surface area contributed by atoms with E-state index in [-0.39, 0.29) is 24.2 Å². The van der Waals surface area contributed by atoms with Crippen LogP contribution in [0.15, 0.2) is 35.3 Å². The zero-order chi connectivity index (χ0) is 14.0. The molecule has 0 aliphatic rings. The van der Waals surface area contributed by atoms with E-state index < -0.39 is 0 Å². The molecule has 1 aromatic heterocycles. The maximum absolute atomic E-state index is 12.4. The largest absolute Gasteiger partial charge is 0.464 e. The predicted octanol–water partition coefficient (Wildman–Crippen LogP) is 2.43. The number of hydrogen-bond acceptors (Lipinski definition) is 3. The monoisotopic (exact) mass is 259 g/mol. The van der Waals surface area contributed by atoms with Crippen molar-refractivity contribution in [3.05, 3.63) is 46.4 Å². The number of fused-ring (bicyclic) bond motifs is 1. The van der Waals surface area contributed by atoms with Crippen molar-refractivity contribution in [2.24, 2.45) is 0 Å². The zero-order valence-corrected chi connectivity index (χ0v) is 11.3. The normalized spacial score (nSPS) is 12.4. The number of carbonyl (C=O) groups excluding carboxylic acids is 1. The molecular weight excluding hydrogens is 242 g/mol. The summed E-state index contributed by atoms with van der Waals surface area (Å²) in [5.74, 6) is -0.337. The summed E-state index contributed by atoms with van der Waals surface area (Å²) in [7, 11) is 0. The molecule has 0 spiro atoms. The lowest BCUT2D eigenvalue weighted by molar-refractivity contribution is -0.141. The molecule has 0 aliphatic carbocycles. The van der Waals surface area contributed by atoms with Gasteiger partial charge in [-0.25, -0.2) is 0 Å². The molecule has 2 aromatic rings. The zero-order valence-electron chi connectivity index (χ0n) is 11.3. The van der Waals surface area contributed by atoms with E-state index in [4.69, 9.17) is 4.74 Å².